The predicted octanol–water partition coefficient (Wildman–Crippen LogP) is 2.95. The van der Waals surface area contributed by atoms with Crippen LogP contribution >= 0.6 is 22.9 Å². The number of rotatable bonds is 4. The van der Waals surface area contributed by atoms with Crippen molar-refractivity contribution in [3.05, 3.63) is 22.3 Å². The van der Waals surface area contributed by atoms with Crippen LogP contribution in [-0.4, -0.2) is 16.2 Å². The number of hydrogen-bond acceptors (Lipinski definition) is 5. The van der Waals surface area contributed by atoms with E-state index in [0.29, 0.717) is 24.3 Å². The minimum atomic E-state index is 0.401. The van der Waals surface area contributed by atoms with Crippen molar-refractivity contribution in [1.82, 2.24) is 15.5 Å². The maximum atomic E-state index is 5.84. The normalized spacial score (nSPS) is 11.2. The number of aromatic nitrogens is 2. The lowest BCUT2D eigenvalue weighted by Crippen LogP contribution is -2.22. The van der Waals surface area contributed by atoms with E-state index in [4.69, 9.17) is 16.1 Å². The van der Waals surface area contributed by atoms with Crippen molar-refractivity contribution in [1.29, 1.82) is 0 Å². The topological polar surface area (TPSA) is 51.0 Å². The molecule has 0 fully saturated rings. The van der Waals surface area contributed by atoms with E-state index in [1.165, 1.54) is 11.3 Å². The highest BCUT2D eigenvalue weighted by molar-refractivity contribution is 7.19. The predicted molar refractivity (Wildman–Crippen MR) is 64.6 cm³/mol. The van der Waals surface area contributed by atoms with Gasteiger partial charge in [-0.3, -0.25) is 0 Å². The SMILES string of the molecule is CC(C)NCc1noc(-c2ccc(Cl)s2)n1. The number of hydrogen-bond donors (Lipinski definition) is 1. The summed E-state index contributed by atoms with van der Waals surface area (Å²) in [5, 5.41) is 7.11. The Morgan fingerprint density at radius 2 is 2.31 bits per heavy atom. The molecule has 0 aliphatic rings. The van der Waals surface area contributed by atoms with Crippen LogP contribution in [0.3, 0.4) is 0 Å². The monoisotopic (exact) mass is 257 g/mol. The number of nitrogens with one attached hydrogen (secondary N) is 1. The van der Waals surface area contributed by atoms with Crippen LogP contribution in [0.15, 0.2) is 16.7 Å². The Hall–Kier alpha value is -0.910. The molecular weight excluding hydrogens is 246 g/mol. The quantitative estimate of drug-likeness (QED) is 0.915. The van der Waals surface area contributed by atoms with Gasteiger partial charge in [0.25, 0.3) is 5.89 Å². The van der Waals surface area contributed by atoms with Crippen LogP contribution in [0.5, 0.6) is 0 Å². The summed E-state index contributed by atoms with van der Waals surface area (Å²) in [6.07, 6.45) is 0. The lowest BCUT2D eigenvalue weighted by molar-refractivity contribution is 0.418. The first-order valence-corrected chi connectivity index (χ1v) is 6.16. The van der Waals surface area contributed by atoms with Gasteiger partial charge in [-0.25, -0.2) is 0 Å². The average Bonchev–Trinajstić information content (AvgIpc) is 2.83. The Kier molecular flexibility index (Phi) is 3.58. The van der Waals surface area contributed by atoms with E-state index in [0.717, 1.165) is 9.21 Å². The molecule has 1 N–H and O–H groups in total. The van der Waals surface area contributed by atoms with Gasteiger partial charge in [0.15, 0.2) is 5.82 Å². The van der Waals surface area contributed by atoms with Gasteiger partial charge >= 0.3 is 0 Å². The molecular formula is C10H12ClN3OS. The highest BCUT2D eigenvalue weighted by Crippen LogP contribution is 2.29. The van der Waals surface area contributed by atoms with Crippen LogP contribution in [0, 0.1) is 0 Å². The third-order valence-electron chi connectivity index (χ3n) is 1.92. The Morgan fingerprint density at radius 1 is 1.50 bits per heavy atom. The number of nitrogens with zero attached hydrogens (tertiary/aromatic N) is 2. The minimum Gasteiger partial charge on any atom is -0.333 e. The van der Waals surface area contributed by atoms with Gasteiger partial charge in [-0.2, -0.15) is 4.98 Å². The van der Waals surface area contributed by atoms with Crippen molar-refractivity contribution in [3.63, 3.8) is 0 Å². The van der Waals surface area contributed by atoms with E-state index in [9.17, 15) is 0 Å². The van der Waals surface area contributed by atoms with Crippen molar-refractivity contribution in [2.45, 2.75) is 26.4 Å². The van der Waals surface area contributed by atoms with Crippen LogP contribution < -0.4 is 5.32 Å². The fourth-order valence-corrected chi connectivity index (χ4v) is 2.12. The standard InChI is InChI=1S/C10H12ClN3OS/c1-6(2)12-5-9-13-10(15-14-9)7-3-4-8(11)16-7/h3-4,6,12H,5H2,1-2H3. The molecule has 0 aliphatic heterocycles. The third-order valence-corrected chi connectivity index (χ3v) is 3.14. The van der Waals surface area contributed by atoms with Gasteiger partial charge in [0.05, 0.1) is 15.8 Å². The van der Waals surface area contributed by atoms with Crippen molar-refractivity contribution in [2.75, 3.05) is 0 Å². The minimum absolute atomic E-state index is 0.401. The molecule has 0 saturated carbocycles. The fourth-order valence-electron chi connectivity index (χ4n) is 1.15. The third kappa shape index (κ3) is 2.81. The first-order valence-electron chi connectivity index (χ1n) is 4.97. The summed E-state index contributed by atoms with van der Waals surface area (Å²) < 4.78 is 5.86. The molecule has 86 valence electrons. The molecule has 0 bridgehead atoms. The summed E-state index contributed by atoms with van der Waals surface area (Å²) in [6.45, 7) is 4.75. The Morgan fingerprint density at radius 3 is 2.94 bits per heavy atom. The second kappa shape index (κ2) is 4.95. The highest BCUT2D eigenvalue weighted by Gasteiger charge is 2.10. The summed E-state index contributed by atoms with van der Waals surface area (Å²) in [5.74, 6) is 1.19. The summed E-state index contributed by atoms with van der Waals surface area (Å²) in [5.41, 5.74) is 0. The van der Waals surface area contributed by atoms with Crippen LogP contribution in [0.1, 0.15) is 19.7 Å². The molecule has 0 amide bonds. The van der Waals surface area contributed by atoms with Crippen LogP contribution in [0.4, 0.5) is 0 Å². The van der Waals surface area contributed by atoms with Crippen LogP contribution in [-0.2, 0) is 6.54 Å². The Balaban J connectivity index is 2.07. The van der Waals surface area contributed by atoms with E-state index in [1.54, 1.807) is 0 Å². The molecule has 6 heteroatoms. The maximum Gasteiger partial charge on any atom is 0.268 e. The maximum absolute atomic E-state index is 5.84. The van der Waals surface area contributed by atoms with E-state index in [1.807, 2.05) is 12.1 Å². The zero-order valence-corrected chi connectivity index (χ0v) is 10.6. The second-order valence-corrected chi connectivity index (χ2v) is 5.37. The van der Waals surface area contributed by atoms with Gasteiger partial charge in [-0.05, 0) is 12.1 Å². The van der Waals surface area contributed by atoms with Crippen molar-refractivity contribution in [3.8, 4) is 10.8 Å². The van der Waals surface area contributed by atoms with E-state index < -0.39 is 0 Å². The lowest BCUT2D eigenvalue weighted by atomic mass is 10.4. The molecule has 0 spiro atoms. The lowest BCUT2D eigenvalue weighted by Gasteiger charge is -2.02. The first kappa shape index (κ1) is 11.6. The van der Waals surface area contributed by atoms with Crippen molar-refractivity contribution in [2.24, 2.45) is 0 Å². The second-order valence-electron chi connectivity index (χ2n) is 3.66. The van der Waals surface area contributed by atoms with Crippen molar-refractivity contribution < 1.29 is 4.52 Å². The van der Waals surface area contributed by atoms with Gasteiger partial charge < -0.3 is 9.84 Å². The average molecular weight is 258 g/mol. The summed E-state index contributed by atoms with van der Waals surface area (Å²) >= 11 is 7.26. The fraction of sp³-hybridized carbons (Fsp3) is 0.400. The van der Waals surface area contributed by atoms with Crippen LogP contribution in [0.25, 0.3) is 10.8 Å². The molecule has 2 aromatic rings. The molecule has 0 radical (unpaired) electrons. The van der Waals surface area contributed by atoms with E-state index in [-0.39, 0.29) is 0 Å². The molecule has 2 heterocycles. The van der Waals surface area contributed by atoms with Gasteiger partial charge in [0.1, 0.15) is 0 Å². The number of halogens is 1. The Labute approximate surface area is 103 Å². The molecule has 0 atom stereocenters. The van der Waals surface area contributed by atoms with Crippen LogP contribution in [0.2, 0.25) is 4.34 Å². The first-order chi connectivity index (χ1) is 7.65. The molecule has 0 aliphatic carbocycles. The summed E-state index contributed by atoms with van der Waals surface area (Å²) in [6, 6.07) is 4.09. The molecule has 2 rings (SSSR count). The zero-order valence-electron chi connectivity index (χ0n) is 9.03. The smallest absolute Gasteiger partial charge is 0.268 e. The van der Waals surface area contributed by atoms with Crippen molar-refractivity contribution >= 4 is 22.9 Å². The van der Waals surface area contributed by atoms with Gasteiger partial charge in [0.2, 0.25) is 0 Å². The molecule has 0 aromatic carbocycles. The molecule has 0 saturated heterocycles. The molecule has 0 unspecified atom stereocenters. The summed E-state index contributed by atoms with van der Waals surface area (Å²) in [4.78, 5) is 5.17. The zero-order chi connectivity index (χ0) is 11.5. The van der Waals surface area contributed by atoms with Gasteiger partial charge in [-0.15, -0.1) is 11.3 Å². The van der Waals surface area contributed by atoms with E-state index >= 15 is 0 Å². The largest absolute Gasteiger partial charge is 0.333 e. The van der Waals surface area contributed by atoms with Gasteiger partial charge in [0, 0.05) is 6.04 Å². The van der Waals surface area contributed by atoms with Gasteiger partial charge in [-0.1, -0.05) is 30.6 Å². The molecule has 4 nitrogen and oxygen atoms in total. The summed E-state index contributed by atoms with van der Waals surface area (Å²) in [7, 11) is 0. The molecule has 2 aromatic heterocycles. The number of thiophene rings is 1. The highest BCUT2D eigenvalue weighted by atomic mass is 35.5. The Bertz CT molecular complexity index is 466. The molecule has 16 heavy (non-hydrogen) atoms. The van der Waals surface area contributed by atoms with E-state index in [2.05, 4.69) is 29.3 Å².